The van der Waals surface area contributed by atoms with Crippen LogP contribution < -0.4 is 0 Å². The Hall–Kier alpha value is -0.130. The average Bonchev–Trinajstić information content (AvgIpc) is 2.64. The van der Waals surface area contributed by atoms with Gasteiger partial charge in [0.25, 0.3) is 10.1 Å². The molecule has 0 bridgehead atoms. The second-order valence-corrected chi connectivity index (χ2v) is 11.3. The van der Waals surface area contributed by atoms with Gasteiger partial charge >= 0.3 is 0 Å². The molecule has 0 rings (SSSR count). The van der Waals surface area contributed by atoms with E-state index in [1.165, 1.54) is 96.4 Å². The van der Waals surface area contributed by atoms with E-state index in [0.29, 0.717) is 6.42 Å². The number of unbranched alkanes of at least 4 members (excludes halogenated alkanes) is 16. The smallest absolute Gasteiger partial charge is 0.264 e. The van der Waals surface area contributed by atoms with Crippen molar-refractivity contribution in [3.8, 4) is 0 Å². The van der Waals surface area contributed by atoms with Crippen LogP contribution in [0, 0.1) is 0 Å². The molecule has 0 atom stereocenters. The fourth-order valence-electron chi connectivity index (χ4n) is 4.02. The largest absolute Gasteiger partial charge is 0.328 e. The van der Waals surface area contributed by atoms with Crippen molar-refractivity contribution in [2.24, 2.45) is 0 Å². The lowest BCUT2D eigenvalue weighted by atomic mass is 10.0. The number of rotatable bonds is 22. The van der Waals surface area contributed by atoms with Crippen molar-refractivity contribution in [2.45, 2.75) is 122 Å². The highest BCUT2D eigenvalue weighted by molar-refractivity contribution is 7.85. The SMILES string of the molecule is CCCCCCCCCCCCCCCC[N+](C)(C)CCCCCCS(=O)(=O)O. The van der Waals surface area contributed by atoms with Gasteiger partial charge in [-0.1, -0.05) is 90.4 Å². The molecule has 1 N–H and O–H groups in total. The Morgan fingerprint density at radius 3 is 1.21 bits per heavy atom. The maximum absolute atomic E-state index is 10.7. The first-order valence-electron chi connectivity index (χ1n) is 12.5. The summed E-state index contributed by atoms with van der Waals surface area (Å²) < 4.78 is 31.2. The van der Waals surface area contributed by atoms with Crippen molar-refractivity contribution >= 4 is 10.1 Å². The summed E-state index contributed by atoms with van der Waals surface area (Å²) in [6.07, 6.45) is 23.3. The Morgan fingerprint density at radius 2 is 0.862 bits per heavy atom. The summed E-state index contributed by atoms with van der Waals surface area (Å²) in [6.45, 7) is 4.68. The average molecular weight is 435 g/mol. The summed E-state index contributed by atoms with van der Waals surface area (Å²) in [6, 6.07) is 0. The number of nitrogens with zero attached hydrogens (tertiary/aromatic N) is 1. The maximum Gasteiger partial charge on any atom is 0.264 e. The number of hydrogen-bond donors (Lipinski definition) is 1. The molecule has 0 unspecified atom stereocenters. The molecule has 0 aliphatic heterocycles. The molecule has 176 valence electrons. The zero-order chi connectivity index (χ0) is 21.8. The van der Waals surface area contributed by atoms with Crippen LogP contribution >= 0.6 is 0 Å². The van der Waals surface area contributed by atoms with E-state index in [4.69, 9.17) is 4.55 Å². The lowest BCUT2D eigenvalue weighted by Crippen LogP contribution is -2.41. The summed E-state index contributed by atoms with van der Waals surface area (Å²) in [5.41, 5.74) is 0. The van der Waals surface area contributed by atoms with E-state index >= 15 is 0 Å². The third kappa shape index (κ3) is 24.0. The van der Waals surface area contributed by atoms with Crippen molar-refractivity contribution in [1.29, 1.82) is 0 Å². The minimum Gasteiger partial charge on any atom is -0.328 e. The first kappa shape index (κ1) is 28.9. The van der Waals surface area contributed by atoms with Crippen molar-refractivity contribution in [1.82, 2.24) is 0 Å². The van der Waals surface area contributed by atoms with E-state index in [1.807, 2.05) is 0 Å². The Bertz CT molecular complexity index is 449. The van der Waals surface area contributed by atoms with Crippen LogP contribution in [0.25, 0.3) is 0 Å². The maximum atomic E-state index is 10.7. The summed E-state index contributed by atoms with van der Waals surface area (Å²) in [7, 11) is 0.836. The third-order valence-electron chi connectivity index (χ3n) is 6.03. The number of hydrogen-bond acceptors (Lipinski definition) is 2. The summed E-state index contributed by atoms with van der Waals surface area (Å²) in [5.74, 6) is -0.0930. The van der Waals surface area contributed by atoms with Crippen LogP contribution in [-0.4, -0.2) is 50.4 Å². The Balaban J connectivity index is 3.35. The molecule has 0 aliphatic carbocycles. The molecule has 0 aromatic carbocycles. The fraction of sp³-hybridized carbons (Fsp3) is 1.00. The van der Waals surface area contributed by atoms with Gasteiger partial charge in [0.15, 0.2) is 0 Å². The molecule has 0 heterocycles. The molecule has 4 nitrogen and oxygen atoms in total. The minimum atomic E-state index is -3.78. The van der Waals surface area contributed by atoms with E-state index in [0.717, 1.165) is 30.3 Å². The van der Waals surface area contributed by atoms with Gasteiger partial charge in [0, 0.05) is 0 Å². The van der Waals surface area contributed by atoms with Crippen molar-refractivity contribution in [2.75, 3.05) is 32.9 Å². The molecule has 0 aromatic rings. The molecule has 29 heavy (non-hydrogen) atoms. The summed E-state index contributed by atoms with van der Waals surface area (Å²) in [4.78, 5) is 0. The van der Waals surface area contributed by atoms with Gasteiger partial charge in [0.1, 0.15) is 0 Å². The van der Waals surface area contributed by atoms with Crippen molar-refractivity contribution < 1.29 is 17.5 Å². The lowest BCUT2D eigenvalue weighted by Gasteiger charge is -2.30. The highest BCUT2D eigenvalue weighted by Gasteiger charge is 2.13. The Labute approximate surface area is 183 Å². The Kier molecular flexibility index (Phi) is 18.5. The molecule has 0 aliphatic rings. The van der Waals surface area contributed by atoms with E-state index in [1.54, 1.807) is 0 Å². The summed E-state index contributed by atoms with van der Waals surface area (Å²) in [5, 5.41) is 0. The van der Waals surface area contributed by atoms with Crippen LogP contribution in [-0.2, 0) is 10.1 Å². The predicted molar refractivity (Wildman–Crippen MR) is 127 cm³/mol. The van der Waals surface area contributed by atoms with Gasteiger partial charge in [-0.2, -0.15) is 8.42 Å². The van der Waals surface area contributed by atoms with Gasteiger partial charge in [-0.25, -0.2) is 0 Å². The first-order valence-corrected chi connectivity index (χ1v) is 14.1. The monoisotopic (exact) mass is 434 g/mol. The van der Waals surface area contributed by atoms with E-state index in [2.05, 4.69) is 21.0 Å². The summed E-state index contributed by atoms with van der Waals surface area (Å²) >= 11 is 0. The third-order valence-corrected chi connectivity index (χ3v) is 6.84. The molecule has 0 radical (unpaired) electrons. The molecule has 5 heteroatoms. The van der Waals surface area contributed by atoms with Gasteiger partial charge in [-0.15, -0.1) is 0 Å². The van der Waals surface area contributed by atoms with Crippen LogP contribution in [0.2, 0.25) is 0 Å². The van der Waals surface area contributed by atoms with E-state index < -0.39 is 10.1 Å². The zero-order valence-corrected chi connectivity index (χ0v) is 20.8. The van der Waals surface area contributed by atoms with Crippen LogP contribution in [0.15, 0.2) is 0 Å². The van der Waals surface area contributed by atoms with Gasteiger partial charge in [0.05, 0.1) is 32.9 Å². The molecule has 0 spiro atoms. The van der Waals surface area contributed by atoms with Crippen LogP contribution in [0.4, 0.5) is 0 Å². The van der Waals surface area contributed by atoms with Crippen molar-refractivity contribution in [3.05, 3.63) is 0 Å². The molecule has 0 saturated carbocycles. The normalized spacial score (nSPS) is 12.6. The molecular formula is C24H52NO3S+. The van der Waals surface area contributed by atoms with Crippen molar-refractivity contribution in [3.63, 3.8) is 0 Å². The number of quaternary nitrogens is 1. The van der Waals surface area contributed by atoms with Gasteiger partial charge in [-0.3, -0.25) is 4.55 Å². The second-order valence-electron chi connectivity index (χ2n) is 9.68. The zero-order valence-electron chi connectivity index (χ0n) is 20.0. The topological polar surface area (TPSA) is 54.4 Å². The molecule has 0 amide bonds. The highest BCUT2D eigenvalue weighted by atomic mass is 32.2. The van der Waals surface area contributed by atoms with Gasteiger partial charge in [0.2, 0.25) is 0 Å². The second kappa shape index (κ2) is 18.6. The fourth-order valence-corrected chi connectivity index (χ4v) is 4.59. The minimum absolute atomic E-state index is 0.0930. The standard InChI is InChI=1S/C24H51NO3S/c1-4-5-6-7-8-9-10-11-12-13-14-15-16-19-22-25(2,3)23-20-17-18-21-24-29(26,27)28/h4-24H2,1-3H3/p+1. The van der Waals surface area contributed by atoms with E-state index in [9.17, 15) is 8.42 Å². The highest BCUT2D eigenvalue weighted by Crippen LogP contribution is 2.14. The van der Waals surface area contributed by atoms with Gasteiger partial charge < -0.3 is 4.48 Å². The van der Waals surface area contributed by atoms with Crippen LogP contribution in [0.3, 0.4) is 0 Å². The molecule has 0 saturated heterocycles. The lowest BCUT2D eigenvalue weighted by molar-refractivity contribution is -0.890. The quantitative estimate of drug-likeness (QED) is 0.113. The van der Waals surface area contributed by atoms with Crippen LogP contribution in [0.5, 0.6) is 0 Å². The molecule has 0 aromatic heterocycles. The Morgan fingerprint density at radius 1 is 0.552 bits per heavy atom. The predicted octanol–water partition coefficient (Wildman–Crippen LogP) is 6.99. The first-order chi connectivity index (χ1) is 13.8. The van der Waals surface area contributed by atoms with Gasteiger partial charge in [-0.05, 0) is 32.1 Å². The molecule has 0 fully saturated rings. The van der Waals surface area contributed by atoms with E-state index in [-0.39, 0.29) is 5.75 Å². The van der Waals surface area contributed by atoms with Crippen LogP contribution in [0.1, 0.15) is 122 Å². The molecular weight excluding hydrogens is 382 g/mol.